The van der Waals surface area contributed by atoms with E-state index in [9.17, 15) is 0 Å². The molecule has 0 heteroatoms. The number of allylic oxidation sites excluding steroid dienone is 2. The Morgan fingerprint density at radius 2 is 1.82 bits per heavy atom. The van der Waals surface area contributed by atoms with Gasteiger partial charge in [-0.1, -0.05) is 57.2 Å². The number of rotatable bonds is 4. The Morgan fingerprint density at radius 3 is 2.35 bits per heavy atom. The number of hydrogen-bond donors (Lipinski definition) is 0. The topological polar surface area (TPSA) is 0 Å². The molecule has 0 saturated heterocycles. The molecule has 0 aromatic heterocycles. The van der Waals surface area contributed by atoms with E-state index in [0.29, 0.717) is 0 Å². The summed E-state index contributed by atoms with van der Waals surface area (Å²) in [6.45, 7) is 6.49. The van der Waals surface area contributed by atoms with E-state index < -0.39 is 0 Å². The first kappa shape index (κ1) is 13.6. The summed E-state index contributed by atoms with van der Waals surface area (Å²) in [6, 6.07) is 8.63. The smallest absolute Gasteiger partial charge is 0.0245 e. The van der Waals surface area contributed by atoms with Crippen LogP contribution in [0.2, 0.25) is 0 Å². The molecule has 1 rings (SSSR count). The SMILES string of the molecule is CCC#Cc1ccc(/C(=C/CC)CCC)cc1. The van der Waals surface area contributed by atoms with Gasteiger partial charge in [0.25, 0.3) is 0 Å². The van der Waals surface area contributed by atoms with E-state index >= 15 is 0 Å². The zero-order valence-corrected chi connectivity index (χ0v) is 11.2. The second-order valence-electron chi connectivity index (χ2n) is 4.12. The highest BCUT2D eigenvalue weighted by Crippen LogP contribution is 2.20. The van der Waals surface area contributed by atoms with Crippen LogP contribution in [0.15, 0.2) is 30.3 Å². The first-order valence-corrected chi connectivity index (χ1v) is 6.60. The van der Waals surface area contributed by atoms with Crippen molar-refractivity contribution in [2.75, 3.05) is 0 Å². The van der Waals surface area contributed by atoms with Gasteiger partial charge in [0, 0.05) is 12.0 Å². The van der Waals surface area contributed by atoms with Gasteiger partial charge in [0.15, 0.2) is 0 Å². The number of hydrogen-bond acceptors (Lipinski definition) is 0. The van der Waals surface area contributed by atoms with E-state index in [4.69, 9.17) is 0 Å². The van der Waals surface area contributed by atoms with Crippen LogP contribution in [0.5, 0.6) is 0 Å². The maximum atomic E-state index is 3.15. The van der Waals surface area contributed by atoms with Crippen LogP contribution in [0.3, 0.4) is 0 Å². The highest BCUT2D eigenvalue weighted by atomic mass is 14.0. The standard InChI is InChI=1S/C17H22/c1-4-7-10-15-11-13-17(14-12-15)16(8-5-2)9-6-3/h8,11-14H,4-6,9H2,1-3H3/b16-8+. The van der Waals surface area contributed by atoms with Crippen molar-refractivity contribution in [3.05, 3.63) is 41.5 Å². The fourth-order valence-corrected chi connectivity index (χ4v) is 1.84. The number of benzene rings is 1. The third-order valence-corrected chi connectivity index (χ3v) is 2.64. The van der Waals surface area contributed by atoms with Crippen molar-refractivity contribution in [1.82, 2.24) is 0 Å². The van der Waals surface area contributed by atoms with Gasteiger partial charge in [-0.3, -0.25) is 0 Å². The van der Waals surface area contributed by atoms with Gasteiger partial charge in [-0.2, -0.15) is 0 Å². The van der Waals surface area contributed by atoms with E-state index in [2.05, 4.69) is 63.0 Å². The van der Waals surface area contributed by atoms with Gasteiger partial charge in [0.2, 0.25) is 0 Å². The first-order chi connectivity index (χ1) is 8.31. The first-order valence-electron chi connectivity index (χ1n) is 6.60. The third-order valence-electron chi connectivity index (χ3n) is 2.64. The summed E-state index contributed by atoms with van der Waals surface area (Å²) in [4.78, 5) is 0. The molecule has 0 heterocycles. The minimum absolute atomic E-state index is 0.915. The molecule has 0 bridgehead atoms. The molecule has 0 nitrogen and oxygen atoms in total. The van der Waals surface area contributed by atoms with Gasteiger partial charge >= 0.3 is 0 Å². The van der Waals surface area contributed by atoms with Crippen molar-refractivity contribution >= 4 is 5.57 Å². The predicted molar refractivity (Wildman–Crippen MR) is 76.8 cm³/mol. The van der Waals surface area contributed by atoms with Crippen LogP contribution in [0.4, 0.5) is 0 Å². The normalized spacial score (nSPS) is 10.9. The van der Waals surface area contributed by atoms with Gasteiger partial charge in [-0.05, 0) is 36.1 Å². The molecule has 1 aromatic rings. The second kappa shape index (κ2) is 7.74. The molecular formula is C17H22. The quantitative estimate of drug-likeness (QED) is 0.631. The van der Waals surface area contributed by atoms with E-state index in [1.165, 1.54) is 17.6 Å². The monoisotopic (exact) mass is 226 g/mol. The molecular weight excluding hydrogens is 204 g/mol. The largest absolute Gasteiger partial charge is 0.0982 e. The van der Waals surface area contributed by atoms with E-state index in [1.807, 2.05) is 0 Å². The summed E-state index contributed by atoms with van der Waals surface area (Å²) in [5.41, 5.74) is 3.92. The molecule has 0 fully saturated rings. The van der Waals surface area contributed by atoms with Crippen LogP contribution >= 0.6 is 0 Å². The Balaban J connectivity index is 2.88. The van der Waals surface area contributed by atoms with Crippen LogP contribution in [0, 0.1) is 11.8 Å². The molecule has 0 amide bonds. The van der Waals surface area contributed by atoms with Gasteiger partial charge in [-0.15, -0.1) is 0 Å². The van der Waals surface area contributed by atoms with Crippen molar-refractivity contribution in [3.63, 3.8) is 0 Å². The van der Waals surface area contributed by atoms with Crippen molar-refractivity contribution < 1.29 is 0 Å². The average molecular weight is 226 g/mol. The van der Waals surface area contributed by atoms with Gasteiger partial charge in [-0.25, -0.2) is 0 Å². The maximum Gasteiger partial charge on any atom is 0.0245 e. The van der Waals surface area contributed by atoms with Crippen LogP contribution in [-0.4, -0.2) is 0 Å². The lowest BCUT2D eigenvalue weighted by Gasteiger charge is -2.06. The minimum Gasteiger partial charge on any atom is -0.0982 e. The van der Waals surface area contributed by atoms with Crippen LogP contribution < -0.4 is 0 Å². The summed E-state index contributed by atoms with van der Waals surface area (Å²) in [5.74, 6) is 6.25. The van der Waals surface area contributed by atoms with Crippen LogP contribution in [0.25, 0.3) is 5.57 Å². The van der Waals surface area contributed by atoms with E-state index in [-0.39, 0.29) is 0 Å². The summed E-state index contributed by atoms with van der Waals surface area (Å²) in [7, 11) is 0. The van der Waals surface area contributed by atoms with Gasteiger partial charge in [0.05, 0.1) is 0 Å². The van der Waals surface area contributed by atoms with Gasteiger partial charge in [0.1, 0.15) is 0 Å². The average Bonchev–Trinajstić information content (AvgIpc) is 2.37. The van der Waals surface area contributed by atoms with Crippen molar-refractivity contribution in [3.8, 4) is 11.8 Å². The lowest BCUT2D eigenvalue weighted by atomic mass is 9.99. The third kappa shape index (κ3) is 4.49. The predicted octanol–water partition coefficient (Wildman–Crippen LogP) is 5.04. The molecule has 0 aliphatic rings. The van der Waals surface area contributed by atoms with Gasteiger partial charge < -0.3 is 0 Å². The minimum atomic E-state index is 0.915. The molecule has 0 N–H and O–H groups in total. The highest BCUT2D eigenvalue weighted by molar-refractivity contribution is 5.66. The van der Waals surface area contributed by atoms with Crippen LogP contribution in [0.1, 0.15) is 57.6 Å². The zero-order chi connectivity index (χ0) is 12.5. The van der Waals surface area contributed by atoms with Crippen LogP contribution in [-0.2, 0) is 0 Å². The van der Waals surface area contributed by atoms with E-state index in [1.54, 1.807) is 0 Å². The maximum absolute atomic E-state index is 3.15. The molecule has 0 spiro atoms. The molecule has 0 aliphatic carbocycles. The zero-order valence-electron chi connectivity index (χ0n) is 11.2. The Kier molecular flexibility index (Phi) is 6.18. The Morgan fingerprint density at radius 1 is 1.12 bits per heavy atom. The Labute approximate surface area is 106 Å². The van der Waals surface area contributed by atoms with Crippen molar-refractivity contribution in [1.29, 1.82) is 0 Å². The second-order valence-corrected chi connectivity index (χ2v) is 4.12. The highest BCUT2D eigenvalue weighted by Gasteiger charge is 1.99. The molecule has 90 valence electrons. The van der Waals surface area contributed by atoms with Crippen molar-refractivity contribution in [2.24, 2.45) is 0 Å². The molecule has 0 atom stereocenters. The lowest BCUT2D eigenvalue weighted by Crippen LogP contribution is -1.85. The summed E-state index contributed by atoms with van der Waals surface area (Å²) < 4.78 is 0. The molecule has 1 aromatic carbocycles. The summed E-state index contributed by atoms with van der Waals surface area (Å²) >= 11 is 0. The van der Waals surface area contributed by atoms with Crippen molar-refractivity contribution in [2.45, 2.75) is 46.5 Å². The Bertz CT molecular complexity index is 410. The Hall–Kier alpha value is -1.48. The lowest BCUT2D eigenvalue weighted by molar-refractivity contribution is 0.967. The molecule has 0 radical (unpaired) electrons. The molecule has 17 heavy (non-hydrogen) atoms. The summed E-state index contributed by atoms with van der Waals surface area (Å²) in [5, 5.41) is 0. The fraction of sp³-hybridized carbons (Fsp3) is 0.412. The summed E-state index contributed by atoms with van der Waals surface area (Å²) in [6.07, 6.45) is 6.71. The molecule has 0 unspecified atom stereocenters. The molecule has 0 aliphatic heterocycles. The van der Waals surface area contributed by atoms with E-state index in [0.717, 1.165) is 24.8 Å². The molecule has 0 saturated carbocycles. The fourth-order valence-electron chi connectivity index (χ4n) is 1.84.